The van der Waals surface area contributed by atoms with E-state index < -0.39 is 12.1 Å². The summed E-state index contributed by atoms with van der Waals surface area (Å²) in [5, 5.41) is 23.5. The third-order valence-electron chi connectivity index (χ3n) is 21.2. The molecule has 0 saturated heterocycles. The van der Waals surface area contributed by atoms with Gasteiger partial charge < -0.3 is 20.3 Å². The first-order valence-corrected chi connectivity index (χ1v) is 43.8. The lowest BCUT2D eigenvalue weighted by Gasteiger charge is -2.22. The molecule has 0 aromatic rings. The van der Waals surface area contributed by atoms with Crippen LogP contribution in [-0.4, -0.2) is 47.4 Å². The van der Waals surface area contributed by atoms with E-state index in [9.17, 15) is 19.8 Å². The van der Waals surface area contributed by atoms with Gasteiger partial charge in [-0.15, -0.1) is 0 Å². The Labute approximate surface area is 585 Å². The molecule has 0 aliphatic rings. The molecule has 0 bridgehead atoms. The van der Waals surface area contributed by atoms with Crippen molar-refractivity contribution in [2.24, 2.45) is 0 Å². The minimum absolute atomic E-state index is 0.0221. The van der Waals surface area contributed by atoms with Crippen molar-refractivity contribution >= 4 is 11.9 Å². The number of unbranched alkanes of at least 4 members (excludes halogenated alkanes) is 73. The lowest BCUT2D eigenvalue weighted by Crippen LogP contribution is -2.45. The van der Waals surface area contributed by atoms with Crippen LogP contribution in [0.25, 0.3) is 0 Å². The van der Waals surface area contributed by atoms with E-state index in [0.717, 1.165) is 38.5 Å². The number of esters is 1. The smallest absolute Gasteiger partial charge is 0.305 e. The monoisotopic (exact) mass is 1310 g/mol. The predicted octanol–water partition coefficient (Wildman–Crippen LogP) is 29.2. The van der Waals surface area contributed by atoms with E-state index in [1.807, 2.05) is 0 Å². The van der Waals surface area contributed by atoms with Gasteiger partial charge in [-0.2, -0.15) is 0 Å². The predicted molar refractivity (Wildman–Crippen MR) is 412 cm³/mol. The van der Waals surface area contributed by atoms with Gasteiger partial charge in [-0.05, 0) is 25.7 Å². The number of aliphatic hydroxyl groups excluding tert-OH is 2. The molecule has 0 radical (unpaired) electrons. The molecule has 2 atom stereocenters. The zero-order valence-corrected chi connectivity index (χ0v) is 64.0. The Hall–Kier alpha value is -1.14. The van der Waals surface area contributed by atoms with Gasteiger partial charge in [0.15, 0.2) is 0 Å². The average molecular weight is 1310 g/mol. The topological polar surface area (TPSA) is 95.9 Å². The molecule has 6 heteroatoms. The highest BCUT2D eigenvalue weighted by molar-refractivity contribution is 5.76. The molecule has 0 spiro atoms. The molecule has 0 rings (SSSR count). The molecule has 0 heterocycles. The number of amides is 1. The van der Waals surface area contributed by atoms with Crippen molar-refractivity contribution < 1.29 is 24.5 Å². The lowest BCUT2D eigenvalue weighted by atomic mass is 10.0. The lowest BCUT2D eigenvalue weighted by molar-refractivity contribution is -0.143. The minimum atomic E-state index is -0.661. The summed E-state index contributed by atoms with van der Waals surface area (Å²) in [4.78, 5) is 24.7. The summed E-state index contributed by atoms with van der Waals surface area (Å²) in [6.45, 7) is 5.03. The van der Waals surface area contributed by atoms with E-state index in [0.29, 0.717) is 25.9 Å². The molecule has 556 valence electrons. The second-order valence-electron chi connectivity index (χ2n) is 30.6. The Morgan fingerprint density at radius 1 is 0.258 bits per heavy atom. The molecule has 0 aromatic carbocycles. The highest BCUT2D eigenvalue weighted by Crippen LogP contribution is 2.22. The Bertz CT molecular complexity index is 1370. The highest BCUT2D eigenvalue weighted by atomic mass is 16.5. The zero-order valence-electron chi connectivity index (χ0n) is 64.0. The number of nitrogens with one attached hydrogen (secondary N) is 1. The van der Waals surface area contributed by atoms with Gasteiger partial charge in [-0.1, -0.05) is 483 Å². The molecule has 1 amide bonds. The van der Waals surface area contributed by atoms with Crippen molar-refractivity contribution in [2.45, 2.75) is 533 Å². The Morgan fingerprint density at radius 3 is 0.656 bits per heavy atom. The van der Waals surface area contributed by atoms with Crippen molar-refractivity contribution in [3.05, 3.63) is 0 Å². The Kier molecular flexibility index (Phi) is 82.3. The number of hydrogen-bond donors (Lipinski definition) is 3. The van der Waals surface area contributed by atoms with E-state index in [4.69, 9.17) is 4.74 Å². The summed E-state index contributed by atoms with van der Waals surface area (Å²) in [5.74, 6) is 0.00583. The standard InChI is InChI=1S/C87H173NO5/c1-3-5-7-9-11-13-15-17-19-20-21-22-23-39-42-45-48-52-55-59-63-67-71-75-79-85(90)84(83-89)88-86(91)80-76-72-68-64-60-56-53-49-46-43-40-37-35-33-31-29-27-25-24-26-28-30-32-34-36-38-41-44-47-50-54-58-62-66-70-74-78-82-93-87(92)81-77-73-69-65-61-57-51-18-16-14-12-10-8-6-4-2/h84-85,89-90H,3-83H2,1-2H3,(H,88,91). The van der Waals surface area contributed by atoms with Gasteiger partial charge in [-0.25, -0.2) is 0 Å². The third-order valence-corrected chi connectivity index (χ3v) is 21.2. The quantitative estimate of drug-likeness (QED) is 0.0417. The molecule has 6 nitrogen and oxygen atoms in total. The van der Waals surface area contributed by atoms with E-state index in [-0.39, 0.29) is 18.5 Å². The second-order valence-corrected chi connectivity index (χ2v) is 30.6. The Balaban J connectivity index is 3.30. The maximum Gasteiger partial charge on any atom is 0.305 e. The molecule has 0 aliphatic carbocycles. The fourth-order valence-electron chi connectivity index (χ4n) is 14.5. The van der Waals surface area contributed by atoms with E-state index in [1.165, 1.54) is 449 Å². The first-order chi connectivity index (χ1) is 46.0. The normalized spacial score (nSPS) is 12.3. The third kappa shape index (κ3) is 79.7. The van der Waals surface area contributed by atoms with Crippen molar-refractivity contribution in [2.75, 3.05) is 13.2 Å². The van der Waals surface area contributed by atoms with Gasteiger partial charge in [-0.3, -0.25) is 9.59 Å². The van der Waals surface area contributed by atoms with Crippen LogP contribution in [0.1, 0.15) is 521 Å². The van der Waals surface area contributed by atoms with Crippen LogP contribution >= 0.6 is 0 Å². The van der Waals surface area contributed by atoms with Gasteiger partial charge in [0.05, 0.1) is 25.4 Å². The fraction of sp³-hybridized carbons (Fsp3) is 0.977. The number of rotatable bonds is 84. The van der Waals surface area contributed by atoms with Crippen LogP contribution in [0.5, 0.6) is 0 Å². The van der Waals surface area contributed by atoms with Gasteiger partial charge in [0.25, 0.3) is 0 Å². The van der Waals surface area contributed by atoms with Crippen LogP contribution in [-0.2, 0) is 14.3 Å². The zero-order chi connectivity index (χ0) is 67.0. The summed E-state index contributed by atoms with van der Waals surface area (Å²) in [6, 6.07) is -0.538. The fourth-order valence-corrected chi connectivity index (χ4v) is 14.5. The summed E-state index contributed by atoms with van der Waals surface area (Å²) < 4.78 is 5.51. The van der Waals surface area contributed by atoms with Crippen LogP contribution in [0.15, 0.2) is 0 Å². The van der Waals surface area contributed by atoms with Gasteiger partial charge in [0.1, 0.15) is 0 Å². The first-order valence-electron chi connectivity index (χ1n) is 43.8. The maximum atomic E-state index is 12.6. The molecular weight excluding hydrogens is 1140 g/mol. The summed E-state index contributed by atoms with van der Waals surface area (Å²) >= 11 is 0. The number of carbonyl (C=O) groups excluding carboxylic acids is 2. The average Bonchev–Trinajstić information content (AvgIpc) is 3.78. The largest absolute Gasteiger partial charge is 0.466 e. The van der Waals surface area contributed by atoms with Gasteiger partial charge >= 0.3 is 5.97 Å². The minimum Gasteiger partial charge on any atom is -0.466 e. The molecule has 0 aromatic heterocycles. The van der Waals surface area contributed by atoms with Crippen molar-refractivity contribution in [3.63, 3.8) is 0 Å². The van der Waals surface area contributed by atoms with E-state index in [1.54, 1.807) is 0 Å². The van der Waals surface area contributed by atoms with Crippen LogP contribution in [0.3, 0.4) is 0 Å². The van der Waals surface area contributed by atoms with Crippen LogP contribution < -0.4 is 5.32 Å². The number of carbonyl (C=O) groups is 2. The molecule has 93 heavy (non-hydrogen) atoms. The number of ether oxygens (including phenoxy) is 1. The van der Waals surface area contributed by atoms with Crippen LogP contribution in [0.4, 0.5) is 0 Å². The Morgan fingerprint density at radius 2 is 0.441 bits per heavy atom. The number of hydrogen-bond acceptors (Lipinski definition) is 5. The maximum absolute atomic E-state index is 12.6. The van der Waals surface area contributed by atoms with E-state index >= 15 is 0 Å². The van der Waals surface area contributed by atoms with Crippen molar-refractivity contribution in [1.82, 2.24) is 5.32 Å². The molecular formula is C87H173NO5. The first kappa shape index (κ1) is 91.9. The summed E-state index contributed by atoms with van der Waals surface area (Å²) in [6.07, 6.45) is 105. The van der Waals surface area contributed by atoms with Crippen molar-refractivity contribution in [1.29, 1.82) is 0 Å². The molecule has 3 N–H and O–H groups in total. The molecule has 0 saturated carbocycles. The highest BCUT2D eigenvalue weighted by Gasteiger charge is 2.20. The second kappa shape index (κ2) is 83.3. The van der Waals surface area contributed by atoms with Gasteiger partial charge in [0, 0.05) is 12.8 Å². The molecule has 2 unspecified atom stereocenters. The summed E-state index contributed by atoms with van der Waals surface area (Å²) in [5.41, 5.74) is 0. The van der Waals surface area contributed by atoms with Gasteiger partial charge in [0.2, 0.25) is 5.91 Å². The van der Waals surface area contributed by atoms with Crippen LogP contribution in [0, 0.1) is 0 Å². The van der Waals surface area contributed by atoms with Crippen LogP contribution in [0.2, 0.25) is 0 Å². The molecule has 0 fully saturated rings. The van der Waals surface area contributed by atoms with E-state index in [2.05, 4.69) is 19.2 Å². The van der Waals surface area contributed by atoms with Crippen molar-refractivity contribution in [3.8, 4) is 0 Å². The SMILES string of the molecule is CCCCCCCCCCCCCCCCCCCCCCCCCCC(O)C(CO)NC(=O)CCCCCCCCCCCCCCCCCCCCCCCCCCCCCCCCCCCCCCCOC(=O)CCCCCCCCCCCCCCCCC. The molecule has 0 aliphatic heterocycles. The summed E-state index contributed by atoms with van der Waals surface area (Å²) in [7, 11) is 0. The number of aliphatic hydroxyl groups is 2.